The molecule has 0 amide bonds. The lowest BCUT2D eigenvalue weighted by Crippen LogP contribution is -1.88. The number of nitro groups is 1. The van der Waals surface area contributed by atoms with Gasteiger partial charge in [0.15, 0.2) is 0 Å². The van der Waals surface area contributed by atoms with Gasteiger partial charge in [-0.15, -0.1) is 0 Å². The molecule has 2 unspecified atom stereocenters. The van der Waals surface area contributed by atoms with Crippen LogP contribution < -0.4 is 0 Å². The molecular weight excluding hydrogens is 324 g/mol. The summed E-state index contributed by atoms with van der Waals surface area (Å²) in [7, 11) is 0. The molecule has 0 saturated heterocycles. The minimum Gasteiger partial charge on any atom is -0.289 e. The van der Waals surface area contributed by atoms with Gasteiger partial charge in [0.25, 0.3) is 5.69 Å². The zero-order valence-corrected chi connectivity index (χ0v) is 14.2. The second-order valence-electron chi connectivity index (χ2n) is 6.52. The fraction of sp³-hybridized carbons (Fsp3) is 0.136. The van der Waals surface area contributed by atoms with Gasteiger partial charge >= 0.3 is 0 Å². The molecule has 26 heavy (non-hydrogen) atoms. The van der Waals surface area contributed by atoms with Crippen molar-refractivity contribution >= 4 is 11.9 Å². The third-order valence-corrected chi connectivity index (χ3v) is 4.72. The Labute approximate surface area is 152 Å². The Morgan fingerprint density at radius 2 is 1.50 bits per heavy atom. The number of non-ortho nitro benzene ring substituents is 1. The molecule has 0 aromatic heterocycles. The number of rotatable bonds is 5. The molecule has 0 N–H and O–H groups in total. The fourth-order valence-corrected chi connectivity index (χ4v) is 3.12. The van der Waals surface area contributed by atoms with E-state index < -0.39 is 0 Å². The molecule has 0 heterocycles. The second-order valence-corrected chi connectivity index (χ2v) is 6.52. The standard InChI is InChI=1S/C22H18N2O2/c25-24(26)20-12-10-18(11-13-20)17-8-6-16(7-9-17)15-23-22-14-21(22)19-4-2-1-3-5-19/h1-13,15,21-22H,14H2. The highest BCUT2D eigenvalue weighted by Gasteiger charge is 2.37. The molecule has 4 heteroatoms. The van der Waals surface area contributed by atoms with E-state index in [-0.39, 0.29) is 10.6 Å². The van der Waals surface area contributed by atoms with Gasteiger partial charge in [0, 0.05) is 24.3 Å². The number of nitrogens with zero attached hydrogens (tertiary/aromatic N) is 2. The Morgan fingerprint density at radius 3 is 2.12 bits per heavy atom. The lowest BCUT2D eigenvalue weighted by molar-refractivity contribution is -0.384. The SMILES string of the molecule is O=[N+]([O-])c1ccc(-c2ccc(C=NC3CC3c3ccccc3)cc2)cc1. The maximum atomic E-state index is 10.7. The summed E-state index contributed by atoms with van der Waals surface area (Å²) in [4.78, 5) is 15.0. The van der Waals surface area contributed by atoms with Crippen LogP contribution in [0.2, 0.25) is 0 Å². The number of aliphatic imine (C=N–C) groups is 1. The Balaban J connectivity index is 1.41. The Hall–Kier alpha value is -3.27. The quantitative estimate of drug-likeness (QED) is 0.362. The van der Waals surface area contributed by atoms with Crippen molar-refractivity contribution in [2.75, 3.05) is 0 Å². The first kappa shape index (κ1) is 16.2. The molecule has 0 spiro atoms. The third kappa shape index (κ3) is 3.54. The molecule has 3 aromatic carbocycles. The van der Waals surface area contributed by atoms with Crippen molar-refractivity contribution in [1.29, 1.82) is 0 Å². The summed E-state index contributed by atoms with van der Waals surface area (Å²) in [6.45, 7) is 0. The van der Waals surface area contributed by atoms with Gasteiger partial charge in [0.2, 0.25) is 0 Å². The smallest absolute Gasteiger partial charge is 0.269 e. The van der Waals surface area contributed by atoms with Gasteiger partial charge in [0.05, 0.1) is 11.0 Å². The highest BCUT2D eigenvalue weighted by molar-refractivity contribution is 5.81. The van der Waals surface area contributed by atoms with E-state index in [1.807, 2.05) is 36.5 Å². The Bertz CT molecular complexity index is 932. The molecule has 1 saturated carbocycles. The number of benzene rings is 3. The van der Waals surface area contributed by atoms with Crippen LogP contribution >= 0.6 is 0 Å². The average Bonchev–Trinajstić information content (AvgIpc) is 3.47. The zero-order valence-electron chi connectivity index (χ0n) is 14.2. The lowest BCUT2D eigenvalue weighted by atomic mass is 10.0. The Kier molecular flexibility index (Phi) is 4.32. The van der Waals surface area contributed by atoms with Gasteiger partial charge in [-0.1, -0.05) is 54.6 Å². The van der Waals surface area contributed by atoms with Crippen molar-refractivity contribution < 1.29 is 4.92 Å². The van der Waals surface area contributed by atoms with E-state index in [0.29, 0.717) is 12.0 Å². The molecular formula is C22H18N2O2. The van der Waals surface area contributed by atoms with Crippen molar-refractivity contribution in [3.05, 3.63) is 100 Å². The predicted molar refractivity (Wildman–Crippen MR) is 104 cm³/mol. The molecule has 1 fully saturated rings. The van der Waals surface area contributed by atoms with E-state index in [2.05, 4.69) is 24.3 Å². The Morgan fingerprint density at radius 1 is 0.885 bits per heavy atom. The van der Waals surface area contributed by atoms with Crippen LogP contribution in [-0.4, -0.2) is 17.2 Å². The van der Waals surface area contributed by atoms with Crippen LogP contribution in [0.4, 0.5) is 5.69 Å². The number of hydrogen-bond donors (Lipinski definition) is 0. The van der Waals surface area contributed by atoms with Crippen LogP contribution in [0, 0.1) is 10.1 Å². The second kappa shape index (κ2) is 6.92. The van der Waals surface area contributed by atoms with Crippen molar-refractivity contribution in [3.63, 3.8) is 0 Å². The lowest BCUT2D eigenvalue weighted by Gasteiger charge is -2.02. The van der Waals surface area contributed by atoms with Gasteiger partial charge in [-0.3, -0.25) is 15.1 Å². The van der Waals surface area contributed by atoms with E-state index in [1.165, 1.54) is 17.7 Å². The summed E-state index contributed by atoms with van der Waals surface area (Å²) in [6, 6.07) is 25.6. The van der Waals surface area contributed by atoms with Crippen LogP contribution in [0.5, 0.6) is 0 Å². The van der Waals surface area contributed by atoms with Gasteiger partial charge < -0.3 is 0 Å². The van der Waals surface area contributed by atoms with Gasteiger partial charge in [-0.25, -0.2) is 0 Å². The highest BCUT2D eigenvalue weighted by Crippen LogP contribution is 2.43. The molecule has 128 valence electrons. The molecule has 3 aromatic rings. The molecule has 0 bridgehead atoms. The summed E-state index contributed by atoms with van der Waals surface area (Å²) < 4.78 is 0. The monoisotopic (exact) mass is 342 g/mol. The van der Waals surface area contributed by atoms with E-state index in [0.717, 1.165) is 23.1 Å². The molecule has 0 radical (unpaired) electrons. The highest BCUT2D eigenvalue weighted by atomic mass is 16.6. The fourth-order valence-electron chi connectivity index (χ4n) is 3.12. The first-order chi connectivity index (χ1) is 12.7. The normalized spacial score (nSPS) is 18.8. The summed E-state index contributed by atoms with van der Waals surface area (Å²) in [5.74, 6) is 0.548. The van der Waals surface area contributed by atoms with E-state index >= 15 is 0 Å². The molecule has 2 atom stereocenters. The van der Waals surface area contributed by atoms with Crippen molar-refractivity contribution in [3.8, 4) is 11.1 Å². The average molecular weight is 342 g/mol. The van der Waals surface area contributed by atoms with Crippen LogP contribution in [0.3, 0.4) is 0 Å². The maximum absolute atomic E-state index is 10.7. The largest absolute Gasteiger partial charge is 0.289 e. The predicted octanol–water partition coefficient (Wildman–Crippen LogP) is 5.24. The van der Waals surface area contributed by atoms with Crippen LogP contribution in [0.25, 0.3) is 11.1 Å². The van der Waals surface area contributed by atoms with Gasteiger partial charge in [0.1, 0.15) is 0 Å². The minimum absolute atomic E-state index is 0.106. The van der Waals surface area contributed by atoms with Crippen LogP contribution in [-0.2, 0) is 0 Å². The molecule has 1 aliphatic carbocycles. The van der Waals surface area contributed by atoms with Gasteiger partial charge in [-0.2, -0.15) is 0 Å². The maximum Gasteiger partial charge on any atom is 0.269 e. The van der Waals surface area contributed by atoms with Crippen molar-refractivity contribution in [1.82, 2.24) is 0 Å². The molecule has 4 nitrogen and oxygen atoms in total. The molecule has 1 aliphatic rings. The van der Waals surface area contributed by atoms with E-state index in [1.54, 1.807) is 12.1 Å². The van der Waals surface area contributed by atoms with Crippen molar-refractivity contribution in [2.45, 2.75) is 18.4 Å². The van der Waals surface area contributed by atoms with Crippen LogP contribution in [0.1, 0.15) is 23.5 Å². The topological polar surface area (TPSA) is 55.5 Å². The van der Waals surface area contributed by atoms with Crippen molar-refractivity contribution in [2.24, 2.45) is 4.99 Å². The first-order valence-electron chi connectivity index (χ1n) is 8.64. The molecule has 4 rings (SSSR count). The van der Waals surface area contributed by atoms with E-state index in [4.69, 9.17) is 4.99 Å². The van der Waals surface area contributed by atoms with Gasteiger partial charge in [-0.05, 0) is 40.8 Å². The number of hydrogen-bond acceptors (Lipinski definition) is 3. The zero-order chi connectivity index (χ0) is 17.9. The minimum atomic E-state index is -0.385. The number of nitro benzene ring substituents is 1. The third-order valence-electron chi connectivity index (χ3n) is 4.72. The summed E-state index contributed by atoms with van der Waals surface area (Å²) in [5, 5.41) is 10.7. The summed E-state index contributed by atoms with van der Waals surface area (Å²) >= 11 is 0. The summed E-state index contributed by atoms with van der Waals surface area (Å²) in [6.07, 6.45) is 3.05. The first-order valence-corrected chi connectivity index (χ1v) is 8.64. The molecule has 0 aliphatic heterocycles. The summed E-state index contributed by atoms with van der Waals surface area (Å²) in [5.41, 5.74) is 4.53. The van der Waals surface area contributed by atoms with E-state index in [9.17, 15) is 10.1 Å². The van der Waals surface area contributed by atoms with Crippen LogP contribution in [0.15, 0.2) is 83.9 Å².